The highest BCUT2D eigenvalue weighted by atomic mass is 35.5. The molecule has 0 radical (unpaired) electrons. The Hall–Kier alpha value is -0.720. The monoisotopic (exact) mass is 280 g/mol. The van der Waals surface area contributed by atoms with Crippen molar-refractivity contribution in [3.63, 3.8) is 0 Å². The molecule has 17 heavy (non-hydrogen) atoms. The van der Waals surface area contributed by atoms with Crippen molar-refractivity contribution in [2.75, 3.05) is 13.6 Å². The van der Waals surface area contributed by atoms with Crippen molar-refractivity contribution < 1.29 is 12.8 Å². The average molecular weight is 281 g/mol. The normalized spacial score (nSPS) is 13.9. The molecular formula is C10H14ClFN2O2S. The number of halogens is 2. The van der Waals surface area contributed by atoms with Gasteiger partial charge in [-0.3, -0.25) is 4.98 Å². The largest absolute Gasteiger partial charge is 0.260 e. The van der Waals surface area contributed by atoms with E-state index in [9.17, 15) is 12.8 Å². The van der Waals surface area contributed by atoms with E-state index >= 15 is 0 Å². The molecule has 0 fully saturated rings. The molecule has 1 atom stereocenters. The Labute approximate surface area is 105 Å². The quantitative estimate of drug-likeness (QED) is 0.774. The molecule has 1 heterocycles. The first kappa shape index (κ1) is 14.3. The fourth-order valence-electron chi connectivity index (χ4n) is 1.19. The minimum atomic E-state index is -3.68. The first-order chi connectivity index (χ1) is 7.84. The van der Waals surface area contributed by atoms with Gasteiger partial charge >= 0.3 is 0 Å². The van der Waals surface area contributed by atoms with Crippen LogP contribution < -0.4 is 0 Å². The fraction of sp³-hybridized carbons (Fsp3) is 0.500. The van der Waals surface area contributed by atoms with Crippen LogP contribution in [0.2, 0.25) is 0 Å². The van der Waals surface area contributed by atoms with Crippen LogP contribution in [0.4, 0.5) is 4.39 Å². The lowest BCUT2D eigenvalue weighted by molar-refractivity contribution is 0.459. The molecule has 0 aliphatic heterocycles. The molecule has 1 rings (SSSR count). The van der Waals surface area contributed by atoms with Crippen molar-refractivity contribution in [1.29, 1.82) is 0 Å². The fourth-order valence-corrected chi connectivity index (χ4v) is 2.45. The lowest BCUT2D eigenvalue weighted by atomic mass is 10.3. The average Bonchev–Trinajstić information content (AvgIpc) is 2.25. The number of rotatable bonds is 5. The van der Waals surface area contributed by atoms with Crippen LogP contribution in [0.25, 0.3) is 0 Å². The third-order valence-corrected chi connectivity index (χ3v) is 4.27. The second-order valence-corrected chi connectivity index (χ2v) is 6.52. The zero-order valence-electron chi connectivity index (χ0n) is 9.60. The van der Waals surface area contributed by atoms with E-state index in [0.717, 1.165) is 22.8 Å². The van der Waals surface area contributed by atoms with Crippen molar-refractivity contribution >= 4 is 21.6 Å². The highest BCUT2D eigenvalue weighted by Gasteiger charge is 2.21. The summed E-state index contributed by atoms with van der Waals surface area (Å²) in [6.07, 6.45) is 2.61. The molecule has 0 aromatic carbocycles. The molecule has 1 aromatic rings. The van der Waals surface area contributed by atoms with E-state index in [2.05, 4.69) is 4.98 Å². The van der Waals surface area contributed by atoms with Crippen molar-refractivity contribution in [3.05, 3.63) is 24.3 Å². The Morgan fingerprint density at radius 1 is 1.53 bits per heavy atom. The van der Waals surface area contributed by atoms with E-state index in [1.54, 1.807) is 6.92 Å². The molecule has 0 bridgehead atoms. The van der Waals surface area contributed by atoms with E-state index < -0.39 is 15.8 Å². The van der Waals surface area contributed by atoms with Gasteiger partial charge in [0.05, 0.1) is 6.20 Å². The van der Waals surface area contributed by atoms with Crippen LogP contribution in [0.15, 0.2) is 23.4 Å². The highest BCUT2D eigenvalue weighted by molar-refractivity contribution is 7.89. The van der Waals surface area contributed by atoms with Crippen LogP contribution in [0, 0.1) is 5.82 Å². The van der Waals surface area contributed by atoms with Gasteiger partial charge in [0.2, 0.25) is 10.0 Å². The van der Waals surface area contributed by atoms with Gasteiger partial charge in [-0.15, -0.1) is 11.6 Å². The standard InChI is InChI=1S/C10H14ClFN2O2S/c1-8(11)3-4-14(2)17(15,16)10-5-9(12)6-13-7-10/h5-8H,3-4H2,1-2H3. The molecular weight excluding hydrogens is 267 g/mol. The van der Waals surface area contributed by atoms with Gasteiger partial charge in [0.25, 0.3) is 0 Å². The molecule has 4 nitrogen and oxygen atoms in total. The van der Waals surface area contributed by atoms with Gasteiger partial charge in [-0.25, -0.2) is 17.1 Å². The second-order valence-electron chi connectivity index (χ2n) is 3.73. The zero-order valence-corrected chi connectivity index (χ0v) is 11.2. The van der Waals surface area contributed by atoms with Gasteiger partial charge in [0.15, 0.2) is 0 Å². The first-order valence-corrected chi connectivity index (χ1v) is 6.92. The molecule has 0 saturated carbocycles. The minimum absolute atomic E-state index is 0.113. The predicted molar refractivity (Wildman–Crippen MR) is 63.9 cm³/mol. The third-order valence-electron chi connectivity index (χ3n) is 2.23. The van der Waals surface area contributed by atoms with Crippen molar-refractivity contribution in [3.8, 4) is 0 Å². The van der Waals surface area contributed by atoms with Gasteiger partial charge in [-0.2, -0.15) is 0 Å². The van der Waals surface area contributed by atoms with E-state index in [4.69, 9.17) is 11.6 Å². The SMILES string of the molecule is CC(Cl)CCN(C)S(=O)(=O)c1cncc(F)c1. The maximum Gasteiger partial charge on any atom is 0.244 e. The van der Waals surface area contributed by atoms with E-state index in [-0.39, 0.29) is 16.8 Å². The summed E-state index contributed by atoms with van der Waals surface area (Å²) in [4.78, 5) is 3.37. The van der Waals surface area contributed by atoms with Crippen molar-refractivity contribution in [2.45, 2.75) is 23.6 Å². The Balaban J connectivity index is 2.88. The van der Waals surface area contributed by atoms with Crippen LogP contribution in [0.1, 0.15) is 13.3 Å². The molecule has 1 aromatic heterocycles. The third kappa shape index (κ3) is 3.90. The number of pyridine rings is 1. The first-order valence-electron chi connectivity index (χ1n) is 5.05. The van der Waals surface area contributed by atoms with Crippen LogP contribution in [0.3, 0.4) is 0 Å². The lowest BCUT2D eigenvalue weighted by Gasteiger charge is -2.17. The van der Waals surface area contributed by atoms with Crippen LogP contribution in [-0.4, -0.2) is 36.7 Å². The van der Waals surface area contributed by atoms with Crippen LogP contribution >= 0.6 is 11.6 Å². The topological polar surface area (TPSA) is 50.3 Å². The Morgan fingerprint density at radius 3 is 2.71 bits per heavy atom. The molecule has 0 aliphatic carbocycles. The summed E-state index contributed by atoms with van der Waals surface area (Å²) in [7, 11) is -2.25. The summed E-state index contributed by atoms with van der Waals surface area (Å²) in [6.45, 7) is 2.06. The van der Waals surface area contributed by atoms with Gasteiger partial charge < -0.3 is 0 Å². The molecule has 0 aliphatic rings. The Kier molecular flexibility index (Phi) is 4.85. The van der Waals surface area contributed by atoms with Gasteiger partial charge in [0.1, 0.15) is 10.7 Å². The predicted octanol–water partition coefficient (Wildman–Crippen LogP) is 1.86. The molecule has 0 amide bonds. The Bertz CT molecular complexity index is 479. The summed E-state index contributed by atoms with van der Waals surface area (Å²) in [6, 6.07) is 0.947. The maximum atomic E-state index is 12.9. The Morgan fingerprint density at radius 2 is 2.18 bits per heavy atom. The van der Waals surface area contributed by atoms with Crippen molar-refractivity contribution in [2.24, 2.45) is 0 Å². The number of sulfonamides is 1. The van der Waals surface area contributed by atoms with E-state index in [1.165, 1.54) is 7.05 Å². The number of hydrogen-bond donors (Lipinski definition) is 0. The van der Waals surface area contributed by atoms with Gasteiger partial charge in [-0.05, 0) is 19.4 Å². The summed E-state index contributed by atoms with van der Waals surface area (Å²) in [5, 5.41) is -0.113. The second kappa shape index (κ2) is 5.75. The number of alkyl halides is 1. The minimum Gasteiger partial charge on any atom is -0.260 e. The zero-order chi connectivity index (χ0) is 13.1. The number of nitrogens with zero attached hydrogens (tertiary/aromatic N) is 2. The van der Waals surface area contributed by atoms with Crippen molar-refractivity contribution in [1.82, 2.24) is 9.29 Å². The van der Waals surface area contributed by atoms with Gasteiger partial charge in [-0.1, -0.05) is 0 Å². The molecule has 0 spiro atoms. The maximum absolute atomic E-state index is 12.9. The summed E-state index contributed by atoms with van der Waals surface area (Å²) >= 11 is 5.75. The smallest absolute Gasteiger partial charge is 0.244 e. The molecule has 0 N–H and O–H groups in total. The van der Waals surface area contributed by atoms with Crippen LogP contribution in [0.5, 0.6) is 0 Å². The number of aromatic nitrogens is 1. The summed E-state index contributed by atoms with van der Waals surface area (Å²) < 4.78 is 38.0. The lowest BCUT2D eigenvalue weighted by Crippen LogP contribution is -2.29. The summed E-state index contributed by atoms with van der Waals surface area (Å²) in [5.74, 6) is -0.676. The van der Waals surface area contributed by atoms with Crippen LogP contribution in [-0.2, 0) is 10.0 Å². The van der Waals surface area contributed by atoms with E-state index in [0.29, 0.717) is 6.42 Å². The summed E-state index contributed by atoms with van der Waals surface area (Å²) in [5.41, 5.74) is 0. The van der Waals surface area contributed by atoms with E-state index in [1.807, 2.05) is 0 Å². The molecule has 7 heteroatoms. The molecule has 1 unspecified atom stereocenters. The van der Waals surface area contributed by atoms with Gasteiger partial charge in [0, 0.05) is 25.2 Å². The molecule has 96 valence electrons. The molecule has 0 saturated heterocycles. The number of hydrogen-bond acceptors (Lipinski definition) is 3. The highest BCUT2D eigenvalue weighted by Crippen LogP contribution is 2.15.